The van der Waals surface area contributed by atoms with E-state index in [1.807, 2.05) is 0 Å². The minimum Gasteiger partial charge on any atom is -0.390 e. The minimum absolute atomic E-state index is 0.0838. The van der Waals surface area contributed by atoms with Crippen LogP contribution in [0, 0.1) is 13.8 Å². The first-order chi connectivity index (χ1) is 6.97. The molecule has 6 heteroatoms. The highest BCUT2D eigenvalue weighted by Gasteiger charge is 2.10. The molecule has 0 aromatic carbocycles. The van der Waals surface area contributed by atoms with Crippen LogP contribution in [0.15, 0.2) is 9.59 Å². The molecule has 0 aliphatic rings. The number of alkyl halides is 1. The van der Waals surface area contributed by atoms with Gasteiger partial charge in [0.05, 0.1) is 12.6 Å². The summed E-state index contributed by atoms with van der Waals surface area (Å²) in [7, 11) is 0. The van der Waals surface area contributed by atoms with Gasteiger partial charge in [0.15, 0.2) is 0 Å². The number of hydrogen-bond donors (Lipinski definition) is 2. The maximum Gasteiger partial charge on any atom is 0.268 e. The van der Waals surface area contributed by atoms with Crippen LogP contribution in [0.1, 0.15) is 11.1 Å². The highest BCUT2D eigenvalue weighted by molar-refractivity contribution is 9.09. The summed E-state index contributed by atoms with van der Waals surface area (Å²) >= 11 is 3.09. The molecule has 0 spiro atoms. The van der Waals surface area contributed by atoms with Crippen LogP contribution in [0.5, 0.6) is 0 Å². The molecule has 0 radical (unpaired) electrons. The highest BCUT2D eigenvalue weighted by Crippen LogP contribution is 1.95. The highest BCUT2D eigenvalue weighted by atomic mass is 79.9. The Morgan fingerprint density at radius 3 is 2.53 bits per heavy atom. The average Bonchev–Trinajstić information content (AvgIpc) is 2.22. The number of hydrogen-bond acceptors (Lipinski definition) is 3. The molecule has 15 heavy (non-hydrogen) atoms. The predicted octanol–water partition coefficient (Wildman–Crippen LogP) is -0.0908. The van der Waals surface area contributed by atoms with E-state index in [4.69, 9.17) is 0 Å². The topological polar surface area (TPSA) is 75.1 Å². The van der Waals surface area contributed by atoms with Crippen LogP contribution in [-0.2, 0) is 6.54 Å². The van der Waals surface area contributed by atoms with E-state index in [2.05, 4.69) is 21.0 Å². The summed E-state index contributed by atoms with van der Waals surface area (Å²) in [4.78, 5) is 23.0. The van der Waals surface area contributed by atoms with Crippen LogP contribution in [0.25, 0.3) is 0 Å². The fourth-order valence-corrected chi connectivity index (χ4v) is 1.38. The molecular formula is C9H13BrN2O3. The molecule has 84 valence electrons. The summed E-state index contributed by atoms with van der Waals surface area (Å²) in [6.45, 7) is 3.28. The minimum atomic E-state index is -0.694. The zero-order chi connectivity index (χ0) is 11.6. The zero-order valence-corrected chi connectivity index (χ0v) is 10.2. The molecular weight excluding hydrogens is 264 g/mol. The second-order valence-corrected chi connectivity index (χ2v) is 4.06. The Balaban J connectivity index is 3.21. The van der Waals surface area contributed by atoms with Crippen LogP contribution in [0.3, 0.4) is 0 Å². The van der Waals surface area contributed by atoms with Crippen molar-refractivity contribution in [2.75, 3.05) is 5.33 Å². The van der Waals surface area contributed by atoms with Gasteiger partial charge in [-0.3, -0.25) is 14.7 Å². The molecule has 0 saturated heterocycles. The van der Waals surface area contributed by atoms with E-state index in [1.165, 1.54) is 0 Å². The first-order valence-electron chi connectivity index (χ1n) is 4.51. The lowest BCUT2D eigenvalue weighted by molar-refractivity contribution is 0.171. The van der Waals surface area contributed by atoms with Crippen LogP contribution in [-0.4, -0.2) is 26.3 Å². The molecule has 2 N–H and O–H groups in total. The van der Waals surface area contributed by atoms with E-state index in [1.54, 1.807) is 13.8 Å². The fraction of sp³-hybridized carbons (Fsp3) is 0.556. The smallest absolute Gasteiger partial charge is 0.268 e. The number of H-pyrrole nitrogens is 1. The zero-order valence-electron chi connectivity index (χ0n) is 8.58. The monoisotopic (exact) mass is 276 g/mol. The van der Waals surface area contributed by atoms with Gasteiger partial charge in [0.25, 0.3) is 11.1 Å². The van der Waals surface area contributed by atoms with Gasteiger partial charge >= 0.3 is 0 Å². The maximum absolute atomic E-state index is 11.7. The van der Waals surface area contributed by atoms with Crippen molar-refractivity contribution in [2.24, 2.45) is 0 Å². The third-order valence-corrected chi connectivity index (χ3v) is 3.02. The number of nitrogens with one attached hydrogen (secondary N) is 1. The molecule has 1 aromatic rings. The van der Waals surface area contributed by atoms with E-state index in [9.17, 15) is 14.7 Å². The van der Waals surface area contributed by atoms with Crippen LogP contribution in [0.2, 0.25) is 0 Å². The predicted molar refractivity (Wildman–Crippen MR) is 60.6 cm³/mol. The lowest BCUT2D eigenvalue weighted by Gasteiger charge is -2.10. The van der Waals surface area contributed by atoms with E-state index < -0.39 is 6.10 Å². The molecule has 1 aromatic heterocycles. The van der Waals surface area contributed by atoms with Crippen molar-refractivity contribution in [2.45, 2.75) is 26.5 Å². The molecule has 0 amide bonds. The third kappa shape index (κ3) is 2.57. The molecule has 1 unspecified atom stereocenters. The standard InChI is InChI=1S/C9H13BrN2O3/c1-5-6(2)9(15)12(11-8(5)14)4-7(13)3-10/h7,13H,3-4H2,1-2H3,(H,11,14). The molecule has 5 nitrogen and oxygen atoms in total. The first-order valence-corrected chi connectivity index (χ1v) is 5.64. The van der Waals surface area contributed by atoms with Crippen molar-refractivity contribution in [3.8, 4) is 0 Å². The van der Waals surface area contributed by atoms with Crippen molar-refractivity contribution in [1.29, 1.82) is 0 Å². The molecule has 1 rings (SSSR count). The maximum atomic E-state index is 11.7. The summed E-state index contributed by atoms with van der Waals surface area (Å²) in [5, 5.41) is 12.1. The van der Waals surface area contributed by atoms with Crippen molar-refractivity contribution in [3.63, 3.8) is 0 Å². The van der Waals surface area contributed by atoms with Gasteiger partial charge in [0.2, 0.25) is 0 Å². The second-order valence-electron chi connectivity index (χ2n) is 3.41. The van der Waals surface area contributed by atoms with E-state index in [0.29, 0.717) is 16.5 Å². The number of aliphatic hydroxyl groups is 1. The molecule has 0 aliphatic carbocycles. The van der Waals surface area contributed by atoms with Gasteiger partial charge < -0.3 is 5.11 Å². The normalized spacial score (nSPS) is 12.8. The first kappa shape index (κ1) is 12.2. The van der Waals surface area contributed by atoms with Crippen molar-refractivity contribution < 1.29 is 5.11 Å². The van der Waals surface area contributed by atoms with Gasteiger partial charge in [0.1, 0.15) is 0 Å². The Morgan fingerprint density at radius 1 is 1.40 bits per heavy atom. The van der Waals surface area contributed by atoms with E-state index in [-0.39, 0.29) is 17.7 Å². The van der Waals surface area contributed by atoms with Gasteiger partial charge in [-0.25, -0.2) is 4.68 Å². The average molecular weight is 277 g/mol. The van der Waals surface area contributed by atoms with Gasteiger partial charge in [0, 0.05) is 16.5 Å². The van der Waals surface area contributed by atoms with Crippen molar-refractivity contribution in [1.82, 2.24) is 9.78 Å². The summed E-state index contributed by atoms with van der Waals surface area (Å²) < 4.78 is 1.14. The lowest BCUT2D eigenvalue weighted by Crippen LogP contribution is -2.36. The van der Waals surface area contributed by atoms with E-state index in [0.717, 1.165) is 4.68 Å². The quantitative estimate of drug-likeness (QED) is 0.758. The fourth-order valence-electron chi connectivity index (χ4n) is 1.18. The Kier molecular flexibility index (Phi) is 3.87. The number of halogens is 1. The molecule has 0 fully saturated rings. The van der Waals surface area contributed by atoms with Crippen LogP contribution < -0.4 is 11.1 Å². The van der Waals surface area contributed by atoms with Gasteiger partial charge in [-0.1, -0.05) is 15.9 Å². The summed E-state index contributed by atoms with van der Waals surface area (Å²) in [5.41, 5.74) is 0.270. The summed E-state index contributed by atoms with van der Waals surface area (Å²) in [5.74, 6) is 0. The number of rotatable bonds is 3. The van der Waals surface area contributed by atoms with Crippen molar-refractivity contribution >= 4 is 15.9 Å². The SMILES string of the molecule is Cc1c(C)c(=O)n(CC(O)CBr)[nH]c1=O. The van der Waals surface area contributed by atoms with Gasteiger partial charge in [-0.2, -0.15) is 0 Å². The third-order valence-electron chi connectivity index (χ3n) is 2.28. The van der Waals surface area contributed by atoms with E-state index >= 15 is 0 Å². The molecule has 0 bridgehead atoms. The molecule has 1 heterocycles. The Hall–Kier alpha value is -0.880. The molecule has 0 aliphatic heterocycles. The second kappa shape index (κ2) is 4.76. The van der Waals surface area contributed by atoms with Crippen LogP contribution in [0.4, 0.5) is 0 Å². The van der Waals surface area contributed by atoms with Gasteiger partial charge in [-0.15, -0.1) is 0 Å². The summed E-state index contributed by atoms with van der Waals surface area (Å²) in [6, 6.07) is 0. The molecule has 0 saturated carbocycles. The Morgan fingerprint density at radius 2 is 2.00 bits per heavy atom. The number of aliphatic hydroxyl groups excluding tert-OH is 1. The molecule has 1 atom stereocenters. The number of aromatic nitrogens is 2. The van der Waals surface area contributed by atoms with Crippen LogP contribution >= 0.6 is 15.9 Å². The lowest BCUT2D eigenvalue weighted by atomic mass is 10.2. The largest absolute Gasteiger partial charge is 0.390 e. The number of nitrogens with zero attached hydrogens (tertiary/aromatic N) is 1. The Bertz CT molecular complexity index is 463. The summed E-state index contributed by atoms with van der Waals surface area (Å²) in [6.07, 6.45) is -0.694. The van der Waals surface area contributed by atoms with Crippen molar-refractivity contribution in [3.05, 3.63) is 31.8 Å². The number of aromatic amines is 1. The van der Waals surface area contributed by atoms with Gasteiger partial charge in [-0.05, 0) is 13.8 Å². The Labute approximate surface area is 94.9 Å².